The Bertz CT molecular complexity index is 976. The van der Waals surface area contributed by atoms with Crippen molar-refractivity contribution in [1.29, 1.82) is 0 Å². The van der Waals surface area contributed by atoms with Gasteiger partial charge in [-0.1, -0.05) is 47.1 Å². The van der Waals surface area contributed by atoms with Gasteiger partial charge in [-0.05, 0) is 42.7 Å². The molecule has 0 amide bonds. The van der Waals surface area contributed by atoms with Gasteiger partial charge in [-0.15, -0.1) is 0 Å². The highest BCUT2D eigenvalue weighted by molar-refractivity contribution is 9.10. The molecule has 0 atom stereocenters. The van der Waals surface area contributed by atoms with Crippen LogP contribution in [-0.2, 0) is 6.42 Å². The van der Waals surface area contributed by atoms with Crippen molar-refractivity contribution in [2.75, 3.05) is 0 Å². The van der Waals surface area contributed by atoms with E-state index < -0.39 is 0 Å². The third kappa shape index (κ3) is 3.31. The van der Waals surface area contributed by atoms with Gasteiger partial charge in [-0.25, -0.2) is 4.98 Å². The van der Waals surface area contributed by atoms with Gasteiger partial charge in [0.15, 0.2) is 0 Å². The zero-order valence-electron chi connectivity index (χ0n) is 13.7. The monoisotopic (exact) mass is 383 g/mol. The molecule has 0 fully saturated rings. The number of nitrogens with zero attached hydrogens (tertiary/aromatic N) is 3. The smallest absolute Gasteiger partial charge is 0.267 e. The number of aromatic nitrogens is 2. The summed E-state index contributed by atoms with van der Waals surface area (Å²) in [6.07, 6.45) is 3.32. The molecule has 24 heavy (non-hydrogen) atoms. The SMILES string of the molecule is CCCc1nc2ccc(Br)cc2c(=O)n1N=Cc1ccccc1C. The highest BCUT2D eigenvalue weighted by Gasteiger charge is 2.10. The molecule has 0 aliphatic carbocycles. The number of benzene rings is 2. The number of hydrogen-bond donors (Lipinski definition) is 0. The molecule has 0 saturated carbocycles. The van der Waals surface area contributed by atoms with Crippen molar-refractivity contribution in [3.8, 4) is 0 Å². The number of fused-ring (bicyclic) bond motifs is 1. The third-order valence-corrected chi connectivity index (χ3v) is 4.34. The number of rotatable bonds is 4. The molecule has 4 nitrogen and oxygen atoms in total. The fourth-order valence-corrected chi connectivity index (χ4v) is 2.91. The van der Waals surface area contributed by atoms with Crippen molar-refractivity contribution in [2.45, 2.75) is 26.7 Å². The van der Waals surface area contributed by atoms with E-state index in [1.165, 1.54) is 4.68 Å². The first-order chi connectivity index (χ1) is 11.6. The minimum atomic E-state index is -0.144. The van der Waals surface area contributed by atoms with Crippen molar-refractivity contribution < 1.29 is 0 Å². The van der Waals surface area contributed by atoms with Gasteiger partial charge in [0.1, 0.15) is 5.82 Å². The molecule has 122 valence electrons. The van der Waals surface area contributed by atoms with Gasteiger partial charge >= 0.3 is 0 Å². The lowest BCUT2D eigenvalue weighted by atomic mass is 10.1. The number of halogens is 1. The van der Waals surface area contributed by atoms with Gasteiger partial charge < -0.3 is 0 Å². The summed E-state index contributed by atoms with van der Waals surface area (Å²) in [5.41, 5.74) is 2.66. The van der Waals surface area contributed by atoms with Gasteiger partial charge in [0.25, 0.3) is 5.56 Å². The molecule has 2 aromatic carbocycles. The largest absolute Gasteiger partial charge is 0.282 e. The van der Waals surface area contributed by atoms with Crippen molar-refractivity contribution in [3.05, 3.63) is 74.2 Å². The lowest BCUT2D eigenvalue weighted by Crippen LogP contribution is -2.22. The third-order valence-electron chi connectivity index (χ3n) is 3.85. The van der Waals surface area contributed by atoms with Crippen LogP contribution in [0.4, 0.5) is 0 Å². The Balaban J connectivity index is 2.18. The first-order valence-electron chi connectivity index (χ1n) is 7.91. The maximum Gasteiger partial charge on any atom is 0.282 e. The highest BCUT2D eigenvalue weighted by Crippen LogP contribution is 2.16. The van der Waals surface area contributed by atoms with Crippen LogP contribution in [0.2, 0.25) is 0 Å². The molecule has 0 N–H and O–H groups in total. The van der Waals surface area contributed by atoms with Gasteiger partial charge in [-0.2, -0.15) is 9.78 Å². The van der Waals surface area contributed by atoms with E-state index in [2.05, 4.69) is 32.9 Å². The molecule has 0 aliphatic heterocycles. The van der Waals surface area contributed by atoms with Crippen LogP contribution in [0.15, 0.2) is 56.8 Å². The summed E-state index contributed by atoms with van der Waals surface area (Å²) in [5.74, 6) is 0.683. The van der Waals surface area contributed by atoms with Gasteiger partial charge in [-0.3, -0.25) is 4.79 Å². The maximum atomic E-state index is 12.9. The Morgan fingerprint density at radius 3 is 2.79 bits per heavy atom. The first kappa shape index (κ1) is 16.6. The van der Waals surface area contributed by atoms with E-state index >= 15 is 0 Å². The Hall–Kier alpha value is -2.27. The maximum absolute atomic E-state index is 12.9. The standard InChI is InChI=1S/C19H18BrN3O/c1-3-6-18-22-17-10-9-15(20)11-16(17)19(24)23(18)21-12-14-8-5-4-7-13(14)2/h4-5,7-12H,3,6H2,1-2H3. The molecule has 0 bridgehead atoms. The van der Waals surface area contributed by atoms with Crippen LogP contribution in [0.25, 0.3) is 10.9 Å². The summed E-state index contributed by atoms with van der Waals surface area (Å²) < 4.78 is 2.27. The molecule has 1 heterocycles. The summed E-state index contributed by atoms with van der Waals surface area (Å²) in [4.78, 5) is 17.5. The zero-order chi connectivity index (χ0) is 17.1. The first-order valence-corrected chi connectivity index (χ1v) is 8.70. The molecule has 3 aromatic rings. The van der Waals surface area contributed by atoms with Crippen LogP contribution >= 0.6 is 15.9 Å². The fourth-order valence-electron chi connectivity index (χ4n) is 2.55. The summed E-state index contributed by atoms with van der Waals surface area (Å²) in [6, 6.07) is 13.5. The average molecular weight is 384 g/mol. The zero-order valence-corrected chi connectivity index (χ0v) is 15.2. The predicted octanol–water partition coefficient (Wildman–Crippen LogP) is 4.30. The van der Waals surface area contributed by atoms with Crippen molar-refractivity contribution in [2.24, 2.45) is 5.10 Å². The van der Waals surface area contributed by atoms with Crippen molar-refractivity contribution in [3.63, 3.8) is 0 Å². The second-order valence-corrected chi connectivity index (χ2v) is 6.57. The summed E-state index contributed by atoms with van der Waals surface area (Å²) in [7, 11) is 0. The van der Waals surface area contributed by atoms with Crippen LogP contribution in [0.1, 0.15) is 30.3 Å². The molecule has 0 radical (unpaired) electrons. The highest BCUT2D eigenvalue weighted by atomic mass is 79.9. The molecule has 0 unspecified atom stereocenters. The molecule has 0 saturated heterocycles. The van der Waals surface area contributed by atoms with E-state index in [-0.39, 0.29) is 5.56 Å². The average Bonchev–Trinajstić information content (AvgIpc) is 2.57. The van der Waals surface area contributed by atoms with Gasteiger partial charge in [0.2, 0.25) is 0 Å². The number of hydrogen-bond acceptors (Lipinski definition) is 3. The predicted molar refractivity (Wildman–Crippen MR) is 102 cm³/mol. The minimum Gasteiger partial charge on any atom is -0.267 e. The second-order valence-electron chi connectivity index (χ2n) is 5.66. The summed E-state index contributed by atoms with van der Waals surface area (Å²) >= 11 is 3.41. The Labute approximate surface area is 149 Å². The molecular weight excluding hydrogens is 366 g/mol. The summed E-state index contributed by atoms with van der Waals surface area (Å²) in [5, 5.41) is 5.00. The Morgan fingerprint density at radius 2 is 2.04 bits per heavy atom. The van der Waals surface area contributed by atoms with Crippen LogP contribution in [-0.4, -0.2) is 15.9 Å². The lowest BCUT2D eigenvalue weighted by Gasteiger charge is -2.09. The molecule has 0 spiro atoms. The van der Waals surface area contributed by atoms with Crippen LogP contribution < -0.4 is 5.56 Å². The summed E-state index contributed by atoms with van der Waals surface area (Å²) in [6.45, 7) is 4.08. The Morgan fingerprint density at radius 1 is 1.25 bits per heavy atom. The molecule has 5 heteroatoms. The van der Waals surface area contributed by atoms with E-state index in [0.717, 1.165) is 22.0 Å². The molecular formula is C19H18BrN3O. The lowest BCUT2D eigenvalue weighted by molar-refractivity contribution is 0.703. The van der Waals surface area contributed by atoms with E-state index in [1.54, 1.807) is 12.3 Å². The normalized spacial score (nSPS) is 11.5. The topological polar surface area (TPSA) is 47.2 Å². The van der Waals surface area contributed by atoms with Crippen LogP contribution in [0.3, 0.4) is 0 Å². The second kappa shape index (κ2) is 7.09. The van der Waals surface area contributed by atoms with Crippen molar-refractivity contribution >= 4 is 33.0 Å². The minimum absolute atomic E-state index is 0.144. The quantitative estimate of drug-likeness (QED) is 0.630. The molecule has 0 aliphatic rings. The van der Waals surface area contributed by atoms with Crippen LogP contribution in [0, 0.1) is 6.92 Å². The van der Waals surface area contributed by atoms with E-state index in [9.17, 15) is 4.79 Å². The van der Waals surface area contributed by atoms with E-state index in [1.807, 2.05) is 43.3 Å². The number of aryl methyl sites for hydroxylation is 2. The Kier molecular flexibility index (Phi) is 4.90. The molecule has 3 rings (SSSR count). The van der Waals surface area contributed by atoms with Gasteiger partial charge in [0, 0.05) is 10.9 Å². The van der Waals surface area contributed by atoms with Crippen LogP contribution in [0.5, 0.6) is 0 Å². The molecule has 1 aromatic heterocycles. The van der Waals surface area contributed by atoms with Gasteiger partial charge in [0.05, 0.1) is 17.1 Å². The van der Waals surface area contributed by atoms with Crippen molar-refractivity contribution in [1.82, 2.24) is 9.66 Å². The van der Waals surface area contributed by atoms with E-state index in [0.29, 0.717) is 23.1 Å². The van der Waals surface area contributed by atoms with E-state index in [4.69, 9.17) is 0 Å². The fraction of sp³-hybridized carbons (Fsp3) is 0.211.